The zero-order valence-corrected chi connectivity index (χ0v) is 31.5. The molecule has 0 spiro atoms. The van der Waals surface area contributed by atoms with Crippen molar-refractivity contribution in [2.75, 3.05) is 48.7 Å². The maximum Gasteiger partial charge on any atom is 0.321 e. The first-order valence-electron chi connectivity index (χ1n) is 18.9. The number of nitrogens with one attached hydrogen (secondary N) is 4. The number of hydrogen-bond acceptors (Lipinski definition) is 11. The van der Waals surface area contributed by atoms with Crippen LogP contribution in [0.3, 0.4) is 0 Å². The molecule has 5 heterocycles. The number of urea groups is 1. The largest absolute Gasteiger partial charge is 0.394 e. The highest BCUT2D eigenvalue weighted by molar-refractivity contribution is 6.23. The summed E-state index contributed by atoms with van der Waals surface area (Å²) in [4.78, 5) is 72.5. The van der Waals surface area contributed by atoms with Crippen LogP contribution in [0, 0.1) is 5.82 Å². The number of halogens is 1. The topological polar surface area (TPSA) is 194 Å². The van der Waals surface area contributed by atoms with Gasteiger partial charge in [0.05, 0.1) is 30.0 Å². The van der Waals surface area contributed by atoms with Gasteiger partial charge in [0.2, 0.25) is 11.8 Å². The van der Waals surface area contributed by atoms with E-state index in [1.165, 1.54) is 12.1 Å². The Hall–Kier alpha value is -5.94. The summed E-state index contributed by atoms with van der Waals surface area (Å²) in [6, 6.07) is 10.7. The number of anilines is 3. The summed E-state index contributed by atoms with van der Waals surface area (Å²) in [7, 11) is 0. The molecule has 294 valence electrons. The van der Waals surface area contributed by atoms with Crippen LogP contribution in [0.4, 0.5) is 26.5 Å². The Bertz CT molecular complexity index is 2180. The highest BCUT2D eigenvalue weighted by Gasteiger charge is 2.46. The van der Waals surface area contributed by atoms with E-state index in [-0.39, 0.29) is 60.7 Å². The number of imide groups is 2. The molecule has 6 amide bonds. The third-order valence-electron chi connectivity index (χ3n) is 10.5. The van der Waals surface area contributed by atoms with E-state index >= 15 is 4.39 Å². The number of rotatable bonds is 12. The minimum atomic E-state index is -1.17. The maximum atomic E-state index is 15.8. The number of benzene rings is 2. The van der Waals surface area contributed by atoms with Gasteiger partial charge >= 0.3 is 6.03 Å². The monoisotopic (exact) mass is 768 g/mol. The van der Waals surface area contributed by atoms with Crippen LogP contribution in [0.25, 0.3) is 5.65 Å². The average Bonchev–Trinajstić information content (AvgIpc) is 3.73. The van der Waals surface area contributed by atoms with Crippen LogP contribution in [0.15, 0.2) is 48.7 Å². The molecule has 0 bridgehead atoms. The van der Waals surface area contributed by atoms with Gasteiger partial charge in [0.1, 0.15) is 23.5 Å². The van der Waals surface area contributed by atoms with Gasteiger partial charge in [0.15, 0.2) is 5.65 Å². The summed E-state index contributed by atoms with van der Waals surface area (Å²) in [5.74, 6) is -2.09. The first-order chi connectivity index (χ1) is 26.9. The van der Waals surface area contributed by atoms with E-state index in [9.17, 15) is 29.1 Å². The van der Waals surface area contributed by atoms with E-state index in [0.717, 1.165) is 33.9 Å². The number of hydrogen-bond donors (Lipinski definition) is 5. The van der Waals surface area contributed by atoms with Crippen molar-refractivity contribution < 1.29 is 33.5 Å². The lowest BCUT2D eigenvalue weighted by Crippen LogP contribution is -2.54. The van der Waals surface area contributed by atoms with Crippen molar-refractivity contribution in [3.05, 3.63) is 82.3 Å². The molecule has 0 radical (unpaired) electrons. The lowest BCUT2D eigenvalue weighted by atomic mass is 10.0. The molecule has 1 unspecified atom stereocenters. The Kier molecular flexibility index (Phi) is 11.0. The van der Waals surface area contributed by atoms with Crippen LogP contribution in [-0.2, 0) is 22.7 Å². The van der Waals surface area contributed by atoms with Crippen molar-refractivity contribution in [1.82, 2.24) is 34.6 Å². The number of fused-ring (bicyclic) bond motifs is 2. The Labute approximate surface area is 322 Å². The second kappa shape index (κ2) is 16.0. The van der Waals surface area contributed by atoms with Crippen molar-refractivity contribution in [3.63, 3.8) is 0 Å². The van der Waals surface area contributed by atoms with Crippen molar-refractivity contribution >= 4 is 52.6 Å². The number of aliphatic hydroxyl groups is 1. The molecule has 2 saturated heterocycles. The number of piperazine rings is 1. The van der Waals surface area contributed by atoms with Crippen LogP contribution in [0.2, 0.25) is 0 Å². The van der Waals surface area contributed by atoms with E-state index < -0.39 is 35.5 Å². The number of aliphatic hydroxyl groups excluding tert-OH is 1. The number of aromatic nitrogens is 3. The summed E-state index contributed by atoms with van der Waals surface area (Å²) in [5.41, 5.74) is 3.11. The van der Waals surface area contributed by atoms with E-state index in [4.69, 9.17) is 4.98 Å². The maximum absolute atomic E-state index is 15.8. The van der Waals surface area contributed by atoms with Crippen molar-refractivity contribution in [2.45, 2.75) is 71.1 Å². The SMILES string of the molecule is CC[C@@H](CO)Nc1cc(NCc2ccc(NC(=O)N3CCN(Cc4ccc5c(c4F)C(=O)N(C4CCC(=O)NC4=O)C5=O)CC3)cc2)n2ncc(C(C)C)c2n1. The predicted octanol–water partition coefficient (Wildman–Crippen LogP) is 3.54. The summed E-state index contributed by atoms with van der Waals surface area (Å²) < 4.78 is 17.5. The number of piperidine rings is 1. The fourth-order valence-electron chi connectivity index (χ4n) is 7.21. The first-order valence-corrected chi connectivity index (χ1v) is 18.9. The van der Waals surface area contributed by atoms with Gasteiger partial charge in [-0.25, -0.2) is 14.2 Å². The fraction of sp³-hybridized carbons (Fsp3) is 0.410. The second-order valence-electron chi connectivity index (χ2n) is 14.6. The zero-order valence-electron chi connectivity index (χ0n) is 31.5. The molecule has 3 aliphatic heterocycles. The number of carbonyl (C=O) groups excluding carboxylic acids is 5. The molecule has 4 aromatic rings. The molecule has 3 aliphatic rings. The first kappa shape index (κ1) is 38.3. The predicted molar refractivity (Wildman–Crippen MR) is 205 cm³/mol. The Morgan fingerprint density at radius 2 is 1.79 bits per heavy atom. The smallest absolute Gasteiger partial charge is 0.321 e. The van der Waals surface area contributed by atoms with Gasteiger partial charge < -0.3 is 26.0 Å². The normalized spacial score (nSPS) is 18.1. The Morgan fingerprint density at radius 3 is 2.46 bits per heavy atom. The summed E-state index contributed by atoms with van der Waals surface area (Å²) >= 11 is 0. The molecule has 2 fully saturated rings. The summed E-state index contributed by atoms with van der Waals surface area (Å²) in [5, 5.41) is 26.2. The van der Waals surface area contributed by atoms with Gasteiger partial charge in [-0.3, -0.25) is 34.3 Å². The molecule has 7 rings (SSSR count). The van der Waals surface area contributed by atoms with E-state index in [2.05, 4.69) is 40.2 Å². The molecule has 16 nitrogen and oxygen atoms in total. The molecule has 0 saturated carbocycles. The fourth-order valence-corrected chi connectivity index (χ4v) is 7.21. The second-order valence-corrected chi connectivity index (χ2v) is 14.6. The molecule has 0 aliphatic carbocycles. The lowest BCUT2D eigenvalue weighted by Gasteiger charge is -2.34. The lowest BCUT2D eigenvalue weighted by molar-refractivity contribution is -0.136. The summed E-state index contributed by atoms with van der Waals surface area (Å²) in [6.45, 7) is 8.50. The van der Waals surface area contributed by atoms with Crippen LogP contribution in [0.1, 0.15) is 83.4 Å². The van der Waals surface area contributed by atoms with Crippen LogP contribution >= 0.6 is 0 Å². The number of carbonyl (C=O) groups is 5. The van der Waals surface area contributed by atoms with Gasteiger partial charge in [-0.15, -0.1) is 0 Å². The molecular weight excluding hydrogens is 723 g/mol. The Morgan fingerprint density at radius 1 is 1.04 bits per heavy atom. The molecule has 2 aromatic carbocycles. The van der Waals surface area contributed by atoms with E-state index in [0.29, 0.717) is 44.2 Å². The van der Waals surface area contributed by atoms with Gasteiger partial charge in [0.25, 0.3) is 11.8 Å². The minimum absolute atomic E-state index is 0.00935. The highest BCUT2D eigenvalue weighted by Crippen LogP contribution is 2.32. The van der Waals surface area contributed by atoms with Crippen molar-refractivity contribution in [2.24, 2.45) is 0 Å². The van der Waals surface area contributed by atoms with Crippen LogP contribution in [-0.4, -0.2) is 109 Å². The van der Waals surface area contributed by atoms with E-state index in [1.807, 2.05) is 48.4 Å². The molecule has 2 atom stereocenters. The van der Waals surface area contributed by atoms with Crippen LogP contribution in [0.5, 0.6) is 0 Å². The van der Waals surface area contributed by atoms with Gasteiger partial charge in [-0.2, -0.15) is 9.61 Å². The van der Waals surface area contributed by atoms with Gasteiger partial charge in [-0.1, -0.05) is 39.0 Å². The molecular formula is C39H45FN10O6. The van der Waals surface area contributed by atoms with Crippen molar-refractivity contribution in [3.8, 4) is 0 Å². The van der Waals surface area contributed by atoms with Crippen molar-refractivity contribution in [1.29, 1.82) is 0 Å². The zero-order chi connectivity index (χ0) is 39.7. The minimum Gasteiger partial charge on any atom is -0.394 e. The molecule has 2 aromatic heterocycles. The third kappa shape index (κ3) is 7.64. The molecule has 56 heavy (non-hydrogen) atoms. The standard InChI is InChI=1S/C39H45FN10O6/c1-4-25(21-51)43-30-17-31(50-35(45-30)28(19-42-50)22(2)3)41-18-23-5-8-26(9-6-23)44-39(56)48-15-13-47(14-16-48)20-24-7-10-27-33(34(24)40)38(55)49(37(27)54)29-11-12-32(52)46-36(29)53/h5-10,17,19,22,25,29,41,51H,4,11-16,18,20-21H2,1-3H3,(H,43,45)(H,44,56)(H,46,52,53)/t25-,29?/m0/s1. The van der Waals surface area contributed by atoms with Crippen LogP contribution < -0.4 is 21.3 Å². The molecule has 17 heteroatoms. The third-order valence-corrected chi connectivity index (χ3v) is 10.5. The van der Waals surface area contributed by atoms with Gasteiger partial charge in [0, 0.05) is 68.6 Å². The average molecular weight is 769 g/mol. The summed E-state index contributed by atoms with van der Waals surface area (Å²) in [6.07, 6.45) is 2.53. The number of nitrogens with zero attached hydrogens (tertiary/aromatic N) is 6. The number of amides is 6. The van der Waals surface area contributed by atoms with E-state index in [1.54, 1.807) is 9.42 Å². The quantitative estimate of drug-likeness (QED) is 0.133. The highest BCUT2D eigenvalue weighted by atomic mass is 19.1. The molecule has 5 N–H and O–H groups in total. The van der Waals surface area contributed by atoms with Gasteiger partial charge in [-0.05, 0) is 42.5 Å². The Balaban J connectivity index is 0.924.